The molecule has 0 amide bonds. The molecule has 2 heterocycles. The van der Waals surface area contributed by atoms with Crippen LogP contribution in [0.15, 0.2) is 60.7 Å². The summed E-state index contributed by atoms with van der Waals surface area (Å²) in [7, 11) is 0. The molecule has 3 aromatic rings. The van der Waals surface area contributed by atoms with E-state index in [1.54, 1.807) is 0 Å². The van der Waals surface area contributed by atoms with Gasteiger partial charge in [0.1, 0.15) is 0 Å². The van der Waals surface area contributed by atoms with Crippen LogP contribution in [0.5, 0.6) is 0 Å². The minimum absolute atomic E-state index is 0.181. The molecule has 2 aromatic carbocycles. The first-order valence-corrected chi connectivity index (χ1v) is 13.8. The minimum Gasteiger partial charge on any atom is -0.381 e. The van der Waals surface area contributed by atoms with Gasteiger partial charge in [0.05, 0.1) is 5.69 Å². The number of aryl methyl sites for hydroxylation is 2. The van der Waals surface area contributed by atoms with Crippen molar-refractivity contribution in [2.75, 3.05) is 0 Å². The minimum atomic E-state index is 0.181. The van der Waals surface area contributed by atoms with Crippen molar-refractivity contribution in [3.05, 3.63) is 105 Å². The molecule has 37 heavy (non-hydrogen) atoms. The number of nitrogens with one attached hydrogen (secondary N) is 1. The molecule has 1 aliphatic carbocycles. The Bertz CT molecular complexity index is 1490. The summed E-state index contributed by atoms with van der Waals surface area (Å²) in [4.78, 5) is 4.85. The fraction of sp³-hybridized carbons (Fsp3) is 0.324. The summed E-state index contributed by atoms with van der Waals surface area (Å²) >= 11 is 0. The van der Waals surface area contributed by atoms with Gasteiger partial charge in [0.15, 0.2) is 0 Å². The second kappa shape index (κ2) is 10.9. The third kappa shape index (κ3) is 5.33. The van der Waals surface area contributed by atoms with E-state index in [4.69, 9.17) is 10.7 Å². The first-order chi connectivity index (χ1) is 18.0. The Morgan fingerprint density at radius 2 is 1.97 bits per heavy atom. The van der Waals surface area contributed by atoms with Crippen LogP contribution in [-0.4, -0.2) is 11.0 Å². The largest absolute Gasteiger partial charge is 0.381 e. The molecule has 1 aromatic heterocycles. The molecule has 0 radical (unpaired) electrons. The molecule has 0 spiro atoms. The molecule has 0 saturated carbocycles. The van der Waals surface area contributed by atoms with Crippen molar-refractivity contribution in [2.45, 2.75) is 71.9 Å². The van der Waals surface area contributed by atoms with Gasteiger partial charge >= 0.3 is 0 Å². The van der Waals surface area contributed by atoms with E-state index >= 15 is 0 Å². The highest BCUT2D eigenvalue weighted by molar-refractivity contribution is 5.92. The van der Waals surface area contributed by atoms with E-state index in [0.29, 0.717) is 6.04 Å². The van der Waals surface area contributed by atoms with Crippen LogP contribution in [0.2, 0.25) is 0 Å². The summed E-state index contributed by atoms with van der Waals surface area (Å²) in [6.45, 7) is 8.67. The number of benzene rings is 2. The summed E-state index contributed by atoms with van der Waals surface area (Å²) in [5.74, 6) is 0. The van der Waals surface area contributed by atoms with Crippen LogP contribution >= 0.6 is 0 Å². The van der Waals surface area contributed by atoms with E-state index in [0.717, 1.165) is 43.5 Å². The number of nitrogens with two attached hydrogens (primary N) is 1. The number of fused-ring (bicyclic) bond motifs is 1. The topological polar surface area (TPSA) is 50.9 Å². The molecule has 0 saturated heterocycles. The fourth-order valence-electron chi connectivity index (χ4n) is 5.67. The van der Waals surface area contributed by atoms with Gasteiger partial charge in [0, 0.05) is 29.0 Å². The number of hydrogen-bond acceptors (Lipinski definition) is 3. The molecular weight excluding hydrogens is 450 g/mol. The van der Waals surface area contributed by atoms with Crippen LogP contribution < -0.4 is 21.5 Å². The molecule has 2 atom stereocenters. The normalized spacial score (nSPS) is 20.5. The average Bonchev–Trinajstić information content (AvgIpc) is 3.48. The quantitative estimate of drug-likeness (QED) is 0.443. The number of hydrogen-bond donors (Lipinski definition) is 2. The fourth-order valence-corrected chi connectivity index (χ4v) is 5.67. The van der Waals surface area contributed by atoms with Crippen LogP contribution in [0.25, 0.3) is 29.0 Å². The van der Waals surface area contributed by atoms with E-state index in [1.807, 2.05) is 0 Å². The summed E-state index contributed by atoms with van der Waals surface area (Å²) in [5, 5.41) is 6.29. The van der Waals surface area contributed by atoms with Crippen molar-refractivity contribution in [1.29, 1.82) is 0 Å². The number of rotatable bonds is 6. The van der Waals surface area contributed by atoms with E-state index in [-0.39, 0.29) is 6.04 Å². The molecule has 5 rings (SSSR count). The first kappa shape index (κ1) is 25.2. The number of pyridine rings is 1. The van der Waals surface area contributed by atoms with Crippen LogP contribution in [0.4, 0.5) is 0 Å². The van der Waals surface area contributed by atoms with E-state index in [1.165, 1.54) is 49.5 Å². The summed E-state index contributed by atoms with van der Waals surface area (Å²) in [6.07, 6.45) is 12.2. The SMILES string of the molecule is C\C=C(/C=c1/cc(C2=C(c3cccc(C)n3)CC(C)N2)cc/c1=C\CCC)c1ccc2c(c1)CCC2N. The van der Waals surface area contributed by atoms with Gasteiger partial charge in [-0.15, -0.1) is 0 Å². The standard InChI is InChI=1S/C34H39N3/c1-5-7-10-25-12-13-28(34-31(18-23(4)37-34)33-11-8-9-22(3)36-33)21-29(25)19-24(6-2)26-14-16-30-27(20-26)15-17-32(30)35/h6,8-14,16,19-21,23,32,37H,5,7,15,17-18,35H2,1-4H3/b24-6+,25-10+,29-19-. The van der Waals surface area contributed by atoms with Crippen molar-refractivity contribution in [3.8, 4) is 0 Å². The second-order valence-corrected chi connectivity index (χ2v) is 10.6. The van der Waals surface area contributed by atoms with Crippen molar-refractivity contribution >= 4 is 29.0 Å². The molecule has 1 aliphatic heterocycles. The van der Waals surface area contributed by atoms with Gasteiger partial charge in [-0.2, -0.15) is 0 Å². The van der Waals surface area contributed by atoms with Crippen molar-refractivity contribution in [2.24, 2.45) is 5.73 Å². The Kier molecular flexibility index (Phi) is 7.43. The lowest BCUT2D eigenvalue weighted by Crippen LogP contribution is -2.26. The number of allylic oxidation sites excluding steroid dienone is 2. The third-order valence-electron chi connectivity index (χ3n) is 7.65. The molecule has 3 N–H and O–H groups in total. The first-order valence-electron chi connectivity index (χ1n) is 13.8. The zero-order chi connectivity index (χ0) is 25.9. The lowest BCUT2D eigenvalue weighted by atomic mass is 9.97. The molecule has 0 bridgehead atoms. The van der Waals surface area contributed by atoms with Crippen molar-refractivity contribution in [1.82, 2.24) is 10.3 Å². The molecule has 190 valence electrons. The monoisotopic (exact) mass is 489 g/mol. The zero-order valence-electron chi connectivity index (χ0n) is 22.6. The second-order valence-electron chi connectivity index (χ2n) is 10.6. The zero-order valence-corrected chi connectivity index (χ0v) is 22.6. The summed E-state index contributed by atoms with van der Waals surface area (Å²) in [5.41, 5.74) is 17.4. The molecule has 3 heteroatoms. The van der Waals surface area contributed by atoms with Gasteiger partial charge in [-0.05, 0) is 109 Å². The molecular formula is C34H39N3. The van der Waals surface area contributed by atoms with Crippen LogP contribution in [0.1, 0.15) is 86.1 Å². The van der Waals surface area contributed by atoms with E-state index in [9.17, 15) is 0 Å². The molecule has 2 unspecified atom stereocenters. The van der Waals surface area contributed by atoms with Gasteiger partial charge in [0.2, 0.25) is 0 Å². The average molecular weight is 490 g/mol. The molecule has 0 fully saturated rings. The van der Waals surface area contributed by atoms with Gasteiger partial charge in [-0.1, -0.05) is 61.9 Å². The Morgan fingerprint density at radius 3 is 2.76 bits per heavy atom. The maximum atomic E-state index is 6.30. The number of unbranched alkanes of at least 4 members (excludes halogenated alkanes) is 1. The maximum Gasteiger partial charge on any atom is 0.0686 e. The third-order valence-corrected chi connectivity index (χ3v) is 7.65. The predicted octanol–water partition coefficient (Wildman–Crippen LogP) is 6.05. The Balaban J connectivity index is 1.63. The van der Waals surface area contributed by atoms with Crippen LogP contribution in [0, 0.1) is 6.92 Å². The van der Waals surface area contributed by atoms with Crippen molar-refractivity contribution in [3.63, 3.8) is 0 Å². The molecule has 2 aliphatic rings. The summed E-state index contributed by atoms with van der Waals surface area (Å²) in [6, 6.07) is 20.6. The van der Waals surface area contributed by atoms with Gasteiger partial charge in [0.25, 0.3) is 0 Å². The van der Waals surface area contributed by atoms with Gasteiger partial charge in [-0.25, -0.2) is 0 Å². The van der Waals surface area contributed by atoms with Crippen LogP contribution in [-0.2, 0) is 6.42 Å². The lowest BCUT2D eigenvalue weighted by molar-refractivity contribution is 0.701. The smallest absolute Gasteiger partial charge is 0.0686 e. The van der Waals surface area contributed by atoms with Gasteiger partial charge < -0.3 is 11.1 Å². The number of nitrogens with zero attached hydrogens (tertiary/aromatic N) is 1. The highest BCUT2D eigenvalue weighted by atomic mass is 15.0. The number of aromatic nitrogens is 1. The Labute approximate surface area is 221 Å². The van der Waals surface area contributed by atoms with Crippen LogP contribution in [0.3, 0.4) is 0 Å². The highest BCUT2D eigenvalue weighted by Gasteiger charge is 2.23. The highest BCUT2D eigenvalue weighted by Crippen LogP contribution is 2.33. The van der Waals surface area contributed by atoms with E-state index < -0.39 is 0 Å². The van der Waals surface area contributed by atoms with Crippen molar-refractivity contribution < 1.29 is 0 Å². The van der Waals surface area contributed by atoms with Gasteiger partial charge in [-0.3, -0.25) is 4.98 Å². The Hall–Kier alpha value is -3.43. The Morgan fingerprint density at radius 1 is 1.11 bits per heavy atom. The maximum absolute atomic E-state index is 6.30. The lowest BCUT2D eigenvalue weighted by Gasteiger charge is -2.11. The van der Waals surface area contributed by atoms with E-state index in [2.05, 4.69) is 106 Å². The summed E-state index contributed by atoms with van der Waals surface area (Å²) < 4.78 is 0. The predicted molar refractivity (Wildman–Crippen MR) is 158 cm³/mol. The molecule has 3 nitrogen and oxygen atoms in total.